The highest BCUT2D eigenvalue weighted by atomic mass is 32.2. The van der Waals surface area contributed by atoms with Gasteiger partial charge in [-0.25, -0.2) is 0 Å². The molecule has 3 heterocycles. The zero-order chi connectivity index (χ0) is 22.9. The van der Waals surface area contributed by atoms with E-state index in [0.717, 1.165) is 25.7 Å². The molecule has 2 unspecified atom stereocenters. The first-order chi connectivity index (χ1) is 15.4. The maximum atomic E-state index is 13.7. The lowest BCUT2D eigenvalue weighted by atomic mass is 9.66. The minimum Gasteiger partial charge on any atom is -0.396 e. The maximum absolute atomic E-state index is 13.7. The Bertz CT molecular complexity index is 881. The van der Waals surface area contributed by atoms with Crippen LogP contribution < -0.4 is 10.6 Å². The molecule has 3 amide bonds. The van der Waals surface area contributed by atoms with Gasteiger partial charge in [0.25, 0.3) is 0 Å². The molecule has 3 saturated heterocycles. The van der Waals surface area contributed by atoms with Gasteiger partial charge in [0, 0.05) is 30.1 Å². The monoisotopic (exact) mass is 459 g/mol. The number of benzene rings is 1. The second-order valence-corrected chi connectivity index (χ2v) is 11.2. The van der Waals surface area contributed by atoms with E-state index in [9.17, 15) is 19.5 Å². The number of unbranched alkanes of at least 4 members (excludes halogenated alkanes) is 1. The highest BCUT2D eigenvalue weighted by molar-refractivity contribution is 8.02. The number of likely N-dealkylation sites (tertiary alicyclic amines) is 1. The Hall–Kier alpha value is -2.06. The zero-order valence-corrected chi connectivity index (χ0v) is 19.6. The summed E-state index contributed by atoms with van der Waals surface area (Å²) in [5, 5.41) is 15.4. The predicted octanol–water partition coefficient (Wildman–Crippen LogP) is 2.41. The first-order valence-electron chi connectivity index (χ1n) is 11.6. The molecule has 0 aliphatic carbocycles. The van der Waals surface area contributed by atoms with E-state index >= 15 is 0 Å². The van der Waals surface area contributed by atoms with Crippen LogP contribution in [0.3, 0.4) is 0 Å². The highest BCUT2D eigenvalue weighted by Gasteiger charge is 2.76. The van der Waals surface area contributed by atoms with E-state index < -0.39 is 22.6 Å². The van der Waals surface area contributed by atoms with Crippen LogP contribution in [-0.4, -0.2) is 63.0 Å². The minimum absolute atomic E-state index is 0.0472. The lowest BCUT2D eigenvalue weighted by Crippen LogP contribution is -2.54. The number of para-hydroxylation sites is 1. The molecule has 0 aromatic heterocycles. The number of carbonyl (C=O) groups excluding carboxylic acids is 3. The molecule has 1 aromatic rings. The first kappa shape index (κ1) is 23.1. The third-order valence-electron chi connectivity index (χ3n) is 7.24. The normalized spacial score (nSPS) is 32.8. The molecule has 3 aliphatic rings. The molecule has 1 aromatic carbocycles. The smallest absolute Gasteiger partial charge is 0.244 e. The van der Waals surface area contributed by atoms with Gasteiger partial charge in [0.1, 0.15) is 6.04 Å². The van der Waals surface area contributed by atoms with Gasteiger partial charge in [0.2, 0.25) is 17.7 Å². The molecular formula is C24H33N3O4S. The van der Waals surface area contributed by atoms with Gasteiger partial charge >= 0.3 is 0 Å². The van der Waals surface area contributed by atoms with E-state index in [1.54, 1.807) is 16.7 Å². The standard InChI is InChI=1S/C24H33N3O4S/c1-3-4-13-25-21(30)19-24-12-11-23(2,32-24)17(18(24)22(31)27(19)14-8-15-28)20(29)26-16-9-6-5-7-10-16/h5-7,9-10,17-19,28H,3-4,8,11-15H2,1-2H3,(H,25,30)(H,26,29)/t17-,18+,19?,23+,24?/m1/s1. The lowest BCUT2D eigenvalue weighted by Gasteiger charge is -2.34. The van der Waals surface area contributed by atoms with E-state index in [-0.39, 0.29) is 29.1 Å². The van der Waals surface area contributed by atoms with Crippen LogP contribution in [0.25, 0.3) is 0 Å². The van der Waals surface area contributed by atoms with Crippen LogP contribution in [0, 0.1) is 11.8 Å². The number of fused-ring (bicyclic) bond motifs is 1. The molecule has 2 bridgehead atoms. The number of rotatable bonds is 9. The Balaban J connectivity index is 1.66. The molecule has 3 fully saturated rings. The molecule has 0 saturated carbocycles. The van der Waals surface area contributed by atoms with Crippen LogP contribution in [0.4, 0.5) is 5.69 Å². The van der Waals surface area contributed by atoms with Crippen molar-refractivity contribution in [3.8, 4) is 0 Å². The number of nitrogens with one attached hydrogen (secondary N) is 2. The summed E-state index contributed by atoms with van der Waals surface area (Å²) >= 11 is 1.67. The van der Waals surface area contributed by atoms with Crippen LogP contribution in [0.15, 0.2) is 30.3 Å². The summed E-state index contributed by atoms with van der Waals surface area (Å²) in [5.41, 5.74) is 0.708. The summed E-state index contributed by atoms with van der Waals surface area (Å²) in [6.07, 6.45) is 3.80. The van der Waals surface area contributed by atoms with Gasteiger partial charge in [0.15, 0.2) is 0 Å². The van der Waals surface area contributed by atoms with Crippen LogP contribution in [0.5, 0.6) is 0 Å². The Morgan fingerprint density at radius 2 is 1.94 bits per heavy atom. The summed E-state index contributed by atoms with van der Waals surface area (Å²) in [5.74, 6) is -1.44. The highest BCUT2D eigenvalue weighted by Crippen LogP contribution is 2.71. The molecule has 3 N–H and O–H groups in total. The second-order valence-electron chi connectivity index (χ2n) is 9.34. The number of anilines is 1. The third kappa shape index (κ3) is 3.71. The number of nitrogens with zero attached hydrogens (tertiary/aromatic N) is 1. The van der Waals surface area contributed by atoms with Crippen molar-refractivity contribution in [1.29, 1.82) is 0 Å². The Morgan fingerprint density at radius 3 is 2.62 bits per heavy atom. The first-order valence-corrected chi connectivity index (χ1v) is 12.4. The van der Waals surface area contributed by atoms with Crippen molar-refractivity contribution in [2.75, 3.05) is 25.0 Å². The summed E-state index contributed by atoms with van der Waals surface area (Å²) in [7, 11) is 0. The van der Waals surface area contributed by atoms with E-state index in [1.807, 2.05) is 30.3 Å². The van der Waals surface area contributed by atoms with Crippen molar-refractivity contribution in [2.24, 2.45) is 11.8 Å². The van der Waals surface area contributed by atoms with Crippen molar-refractivity contribution in [1.82, 2.24) is 10.2 Å². The van der Waals surface area contributed by atoms with Gasteiger partial charge < -0.3 is 20.6 Å². The molecule has 0 radical (unpaired) electrons. The maximum Gasteiger partial charge on any atom is 0.244 e. The largest absolute Gasteiger partial charge is 0.396 e. The third-order valence-corrected chi connectivity index (χ3v) is 9.22. The SMILES string of the molecule is CCCCNC(=O)C1N(CCCO)C(=O)[C@@H]2[C@H](C(=O)Nc3ccccc3)[C@]3(C)CCC12S3. The average molecular weight is 460 g/mol. The van der Waals surface area contributed by atoms with Gasteiger partial charge in [-0.15, -0.1) is 11.8 Å². The van der Waals surface area contributed by atoms with Crippen LogP contribution >= 0.6 is 11.8 Å². The van der Waals surface area contributed by atoms with Crippen molar-refractivity contribution in [2.45, 2.75) is 61.5 Å². The summed E-state index contributed by atoms with van der Waals surface area (Å²) in [6.45, 7) is 4.99. The average Bonchev–Trinajstić information content (AvgIpc) is 3.34. The zero-order valence-electron chi connectivity index (χ0n) is 18.8. The Labute approximate surface area is 193 Å². The Kier molecular flexibility index (Phi) is 6.54. The van der Waals surface area contributed by atoms with Gasteiger partial charge in [-0.1, -0.05) is 31.5 Å². The van der Waals surface area contributed by atoms with Gasteiger partial charge in [-0.05, 0) is 44.7 Å². The van der Waals surface area contributed by atoms with Crippen LogP contribution in [0.2, 0.25) is 0 Å². The number of aliphatic hydroxyl groups excluding tert-OH is 1. The van der Waals surface area contributed by atoms with Crippen molar-refractivity contribution >= 4 is 35.2 Å². The molecule has 8 heteroatoms. The number of hydrogen-bond acceptors (Lipinski definition) is 5. The molecule has 3 aliphatic heterocycles. The van der Waals surface area contributed by atoms with E-state index in [2.05, 4.69) is 24.5 Å². The van der Waals surface area contributed by atoms with Crippen LogP contribution in [-0.2, 0) is 14.4 Å². The fraction of sp³-hybridized carbons (Fsp3) is 0.625. The van der Waals surface area contributed by atoms with Crippen LogP contribution in [0.1, 0.15) is 46.0 Å². The quantitative estimate of drug-likeness (QED) is 0.493. The molecule has 174 valence electrons. The minimum atomic E-state index is -0.607. The van der Waals surface area contributed by atoms with E-state index in [4.69, 9.17) is 0 Å². The van der Waals surface area contributed by atoms with Crippen molar-refractivity contribution in [3.05, 3.63) is 30.3 Å². The molecule has 4 rings (SSSR count). The van der Waals surface area contributed by atoms with E-state index in [1.165, 1.54) is 0 Å². The van der Waals surface area contributed by atoms with Crippen molar-refractivity contribution in [3.63, 3.8) is 0 Å². The van der Waals surface area contributed by atoms with Gasteiger partial charge in [0.05, 0.1) is 16.6 Å². The van der Waals surface area contributed by atoms with Gasteiger partial charge in [-0.3, -0.25) is 14.4 Å². The molecule has 1 spiro atoms. The lowest BCUT2D eigenvalue weighted by molar-refractivity contribution is -0.139. The number of hydrogen-bond donors (Lipinski definition) is 3. The fourth-order valence-electron chi connectivity index (χ4n) is 5.84. The van der Waals surface area contributed by atoms with E-state index in [0.29, 0.717) is 25.2 Å². The predicted molar refractivity (Wildman–Crippen MR) is 125 cm³/mol. The molecule has 5 atom stereocenters. The second kappa shape index (κ2) is 9.06. The number of aliphatic hydroxyl groups is 1. The number of carbonyl (C=O) groups is 3. The number of amides is 3. The Morgan fingerprint density at radius 1 is 1.19 bits per heavy atom. The molecular weight excluding hydrogens is 426 g/mol. The fourth-order valence-corrected chi connectivity index (χ4v) is 8.19. The molecule has 7 nitrogen and oxygen atoms in total. The van der Waals surface area contributed by atoms with Gasteiger partial charge in [-0.2, -0.15) is 0 Å². The van der Waals surface area contributed by atoms with Crippen molar-refractivity contribution < 1.29 is 19.5 Å². The summed E-state index contributed by atoms with van der Waals surface area (Å²) in [4.78, 5) is 42.2. The molecule has 32 heavy (non-hydrogen) atoms. The summed E-state index contributed by atoms with van der Waals surface area (Å²) < 4.78 is -0.986. The topological polar surface area (TPSA) is 98.7 Å². The summed E-state index contributed by atoms with van der Waals surface area (Å²) in [6, 6.07) is 8.69. The number of thioether (sulfide) groups is 1.